The molecule has 3 heterocycles. The summed E-state index contributed by atoms with van der Waals surface area (Å²) in [5, 5.41) is 10.9. The monoisotopic (exact) mass is 410 g/mol. The largest absolute Gasteiger partial charge is 0.368 e. The first kappa shape index (κ1) is 20.4. The second kappa shape index (κ2) is 8.89. The summed E-state index contributed by atoms with van der Waals surface area (Å²) in [5.41, 5.74) is 1.80. The number of hydrogen-bond acceptors (Lipinski definition) is 4. The van der Waals surface area contributed by atoms with Gasteiger partial charge in [0.05, 0.1) is 17.5 Å². The normalized spacial score (nSPS) is 20.2. The molecule has 2 N–H and O–H groups in total. The molecule has 7 nitrogen and oxygen atoms in total. The first-order valence-corrected chi connectivity index (χ1v) is 10.8. The molecule has 0 spiro atoms. The summed E-state index contributed by atoms with van der Waals surface area (Å²) in [6, 6.07) is 6.29. The summed E-state index contributed by atoms with van der Waals surface area (Å²) in [7, 11) is 1.50. The second-order valence-electron chi connectivity index (χ2n) is 8.08. The fraction of sp³-hybridized carbons (Fsp3) is 0.476. The number of amides is 1. The molecule has 158 valence electrons. The maximum atomic E-state index is 13.6. The number of alkyl halides is 1. The number of imidazole rings is 1. The average Bonchev–Trinajstić information content (AvgIpc) is 3.37. The quantitative estimate of drug-likeness (QED) is 0.588. The van der Waals surface area contributed by atoms with Crippen LogP contribution in [0.1, 0.15) is 61.2 Å². The molecular weight excluding hydrogens is 382 g/mol. The summed E-state index contributed by atoms with van der Waals surface area (Å²) >= 11 is 0. The SMILES string of the molecule is BC(F)c1cn2c(NC3CCC(NC(=O)c4cnn(CCC)c4)CC3)cccc2n1. The second-order valence-corrected chi connectivity index (χ2v) is 8.08. The minimum Gasteiger partial charge on any atom is -0.368 e. The highest BCUT2D eigenvalue weighted by Crippen LogP contribution is 2.24. The van der Waals surface area contributed by atoms with E-state index >= 15 is 0 Å². The molecule has 3 aromatic rings. The van der Waals surface area contributed by atoms with Crippen LogP contribution in [0.5, 0.6) is 0 Å². The lowest BCUT2D eigenvalue weighted by molar-refractivity contribution is 0.0926. The Hall–Kier alpha value is -2.84. The Kier molecular flexibility index (Phi) is 6.06. The van der Waals surface area contributed by atoms with Gasteiger partial charge in [-0.15, -0.1) is 0 Å². The van der Waals surface area contributed by atoms with Gasteiger partial charge in [-0.1, -0.05) is 13.0 Å². The third kappa shape index (κ3) is 4.50. The molecular formula is C21H28BFN6O. The van der Waals surface area contributed by atoms with Crippen molar-refractivity contribution in [1.29, 1.82) is 0 Å². The number of fused-ring (bicyclic) bond motifs is 1. The molecule has 1 aliphatic carbocycles. The van der Waals surface area contributed by atoms with E-state index in [2.05, 4.69) is 27.6 Å². The van der Waals surface area contributed by atoms with Crippen molar-refractivity contribution < 1.29 is 9.18 Å². The third-order valence-corrected chi connectivity index (χ3v) is 5.68. The molecule has 3 aromatic heterocycles. The molecule has 0 saturated heterocycles. The van der Waals surface area contributed by atoms with Crippen molar-refractivity contribution in [2.75, 3.05) is 5.32 Å². The van der Waals surface area contributed by atoms with E-state index in [1.807, 2.05) is 33.5 Å². The minimum absolute atomic E-state index is 0.0511. The first-order valence-electron chi connectivity index (χ1n) is 10.8. The van der Waals surface area contributed by atoms with E-state index < -0.39 is 6.07 Å². The van der Waals surface area contributed by atoms with Gasteiger partial charge in [-0.25, -0.2) is 4.98 Å². The maximum absolute atomic E-state index is 13.6. The predicted octanol–water partition coefficient (Wildman–Crippen LogP) is 2.70. The molecule has 1 atom stereocenters. The molecule has 30 heavy (non-hydrogen) atoms. The number of aromatic nitrogens is 4. The molecule has 0 aromatic carbocycles. The van der Waals surface area contributed by atoms with Gasteiger partial charge in [0.2, 0.25) is 0 Å². The highest BCUT2D eigenvalue weighted by atomic mass is 19.1. The Balaban J connectivity index is 1.32. The first-order chi connectivity index (χ1) is 14.5. The van der Waals surface area contributed by atoms with Gasteiger partial charge in [-0.3, -0.25) is 18.3 Å². The number of pyridine rings is 1. The molecule has 0 radical (unpaired) electrons. The Morgan fingerprint density at radius 1 is 1.27 bits per heavy atom. The highest BCUT2D eigenvalue weighted by Gasteiger charge is 2.24. The number of halogens is 1. The van der Waals surface area contributed by atoms with E-state index in [0.717, 1.165) is 50.1 Å². The molecule has 9 heteroatoms. The summed E-state index contributed by atoms with van der Waals surface area (Å²) < 4.78 is 17.4. The molecule has 1 fully saturated rings. The number of anilines is 1. The van der Waals surface area contributed by atoms with E-state index in [-0.39, 0.29) is 11.9 Å². The van der Waals surface area contributed by atoms with Crippen molar-refractivity contribution in [1.82, 2.24) is 24.5 Å². The number of aryl methyl sites for hydroxylation is 1. The van der Waals surface area contributed by atoms with Crippen LogP contribution in [0.25, 0.3) is 5.65 Å². The lowest BCUT2D eigenvalue weighted by Crippen LogP contribution is -2.40. The standard InChI is InChI=1S/C21H28BFN6O/c1-2-10-28-12-14(11-24-28)21(30)26-16-8-6-15(7-9-16)25-18-4-3-5-19-27-17(20(22)23)13-29(18)19/h3-5,11-13,15-16,20,25H,2,6-10,22H2,1H3,(H,26,30). The van der Waals surface area contributed by atoms with Crippen LogP contribution in [0, 0.1) is 0 Å². The number of nitrogens with one attached hydrogen (secondary N) is 2. The maximum Gasteiger partial charge on any atom is 0.254 e. The topological polar surface area (TPSA) is 76.2 Å². The predicted molar refractivity (Wildman–Crippen MR) is 117 cm³/mol. The van der Waals surface area contributed by atoms with E-state index in [9.17, 15) is 9.18 Å². The van der Waals surface area contributed by atoms with E-state index in [0.29, 0.717) is 17.3 Å². The molecule has 1 saturated carbocycles. The minimum atomic E-state index is -1.09. The molecule has 0 bridgehead atoms. The molecule has 1 unspecified atom stereocenters. The average molecular weight is 410 g/mol. The lowest BCUT2D eigenvalue weighted by Gasteiger charge is -2.30. The Morgan fingerprint density at radius 3 is 2.77 bits per heavy atom. The van der Waals surface area contributed by atoms with Crippen LogP contribution in [0.15, 0.2) is 36.8 Å². The van der Waals surface area contributed by atoms with E-state index in [1.54, 1.807) is 12.4 Å². The van der Waals surface area contributed by atoms with Crippen LogP contribution in [0.3, 0.4) is 0 Å². The Labute approximate surface area is 176 Å². The van der Waals surface area contributed by atoms with Gasteiger partial charge in [0.1, 0.15) is 17.5 Å². The zero-order valence-electron chi connectivity index (χ0n) is 17.5. The van der Waals surface area contributed by atoms with Crippen molar-refractivity contribution in [2.24, 2.45) is 0 Å². The van der Waals surface area contributed by atoms with Gasteiger partial charge >= 0.3 is 0 Å². The number of carbonyl (C=O) groups is 1. The van der Waals surface area contributed by atoms with Crippen molar-refractivity contribution in [3.05, 3.63) is 48.0 Å². The van der Waals surface area contributed by atoms with E-state index in [4.69, 9.17) is 0 Å². The molecule has 1 amide bonds. The van der Waals surface area contributed by atoms with Gasteiger partial charge in [0.15, 0.2) is 7.85 Å². The van der Waals surface area contributed by atoms with Crippen LogP contribution in [-0.2, 0) is 6.54 Å². The fourth-order valence-corrected chi connectivity index (χ4v) is 4.03. The summed E-state index contributed by atoms with van der Waals surface area (Å²) in [5.74, 6) is 0.868. The molecule has 4 rings (SSSR count). The molecule has 0 aliphatic heterocycles. The Morgan fingerprint density at radius 2 is 2.03 bits per heavy atom. The molecule has 1 aliphatic rings. The van der Waals surface area contributed by atoms with Crippen LogP contribution in [-0.4, -0.2) is 45.0 Å². The highest BCUT2D eigenvalue weighted by molar-refractivity contribution is 6.11. The smallest absolute Gasteiger partial charge is 0.254 e. The van der Waals surface area contributed by atoms with Crippen molar-refractivity contribution in [3.8, 4) is 0 Å². The van der Waals surface area contributed by atoms with Gasteiger partial charge in [0, 0.05) is 31.0 Å². The summed E-state index contributed by atoms with van der Waals surface area (Å²) in [6.45, 7) is 2.90. The van der Waals surface area contributed by atoms with Crippen molar-refractivity contribution in [2.45, 2.75) is 63.7 Å². The van der Waals surface area contributed by atoms with Gasteiger partial charge in [-0.05, 0) is 44.2 Å². The van der Waals surface area contributed by atoms with Gasteiger partial charge in [0.25, 0.3) is 5.91 Å². The van der Waals surface area contributed by atoms with E-state index in [1.165, 1.54) is 7.85 Å². The summed E-state index contributed by atoms with van der Waals surface area (Å²) in [4.78, 5) is 16.8. The third-order valence-electron chi connectivity index (χ3n) is 5.68. The number of hydrogen-bond donors (Lipinski definition) is 2. The number of rotatable bonds is 7. The van der Waals surface area contributed by atoms with Crippen LogP contribution in [0.2, 0.25) is 0 Å². The van der Waals surface area contributed by atoms with Crippen LogP contribution in [0.4, 0.5) is 10.2 Å². The van der Waals surface area contributed by atoms with Crippen molar-refractivity contribution in [3.63, 3.8) is 0 Å². The Bertz CT molecular complexity index is 1010. The number of carbonyl (C=O) groups excluding carboxylic acids is 1. The lowest BCUT2D eigenvalue weighted by atomic mass is 9.91. The van der Waals surface area contributed by atoms with Gasteiger partial charge in [-0.2, -0.15) is 5.10 Å². The van der Waals surface area contributed by atoms with Crippen LogP contribution < -0.4 is 10.6 Å². The zero-order chi connectivity index (χ0) is 21.1. The summed E-state index contributed by atoms with van der Waals surface area (Å²) in [6.07, 6.45) is 8.84. The van der Waals surface area contributed by atoms with Gasteiger partial charge < -0.3 is 10.6 Å². The zero-order valence-corrected chi connectivity index (χ0v) is 17.5. The fourth-order valence-electron chi connectivity index (χ4n) is 4.03. The number of nitrogens with zero attached hydrogens (tertiary/aromatic N) is 4. The van der Waals surface area contributed by atoms with Crippen LogP contribution >= 0.6 is 0 Å². The van der Waals surface area contributed by atoms with Crippen molar-refractivity contribution >= 4 is 25.2 Å².